The van der Waals surface area contributed by atoms with Crippen molar-refractivity contribution in [3.63, 3.8) is 0 Å². The second-order valence-electron chi connectivity index (χ2n) is 5.99. The molecule has 25 heavy (non-hydrogen) atoms. The van der Waals surface area contributed by atoms with Gasteiger partial charge in [0.25, 0.3) is 6.01 Å². The van der Waals surface area contributed by atoms with Crippen LogP contribution in [0.1, 0.15) is 11.4 Å². The van der Waals surface area contributed by atoms with E-state index >= 15 is 0 Å². The van der Waals surface area contributed by atoms with E-state index in [2.05, 4.69) is 35.3 Å². The zero-order valence-electron chi connectivity index (χ0n) is 13.8. The minimum Gasteiger partial charge on any atom is -0.490 e. The number of fused-ring (bicyclic) bond motifs is 1. The van der Waals surface area contributed by atoms with Crippen LogP contribution in [0.15, 0.2) is 54.6 Å². The average molecular weight is 331 g/mol. The maximum Gasteiger partial charge on any atom is 0.298 e. The molecule has 0 saturated carbocycles. The third-order valence-electron chi connectivity index (χ3n) is 4.35. The van der Waals surface area contributed by atoms with Gasteiger partial charge in [0, 0.05) is 0 Å². The van der Waals surface area contributed by atoms with E-state index in [0.717, 1.165) is 17.0 Å². The molecule has 1 aromatic heterocycles. The fourth-order valence-electron chi connectivity index (χ4n) is 2.96. The molecule has 3 aromatic rings. The van der Waals surface area contributed by atoms with Crippen molar-refractivity contribution >= 4 is 0 Å². The van der Waals surface area contributed by atoms with E-state index in [4.69, 9.17) is 14.7 Å². The van der Waals surface area contributed by atoms with Crippen molar-refractivity contribution in [2.75, 3.05) is 6.61 Å². The number of ether oxygens (including phenoxy) is 2. The number of aromatic nitrogens is 2. The summed E-state index contributed by atoms with van der Waals surface area (Å²) in [5, 5.41) is 8.99. The van der Waals surface area contributed by atoms with E-state index < -0.39 is 0 Å². The van der Waals surface area contributed by atoms with Crippen LogP contribution in [-0.4, -0.2) is 22.3 Å². The van der Waals surface area contributed by atoms with Crippen molar-refractivity contribution in [2.24, 2.45) is 0 Å². The molecule has 0 amide bonds. The summed E-state index contributed by atoms with van der Waals surface area (Å²) in [7, 11) is 0. The van der Waals surface area contributed by atoms with Gasteiger partial charge in [0.1, 0.15) is 18.4 Å². The van der Waals surface area contributed by atoms with Gasteiger partial charge in [-0.05, 0) is 30.2 Å². The minimum absolute atomic E-state index is 0.0947. The molecule has 2 heterocycles. The molecule has 0 N–H and O–H groups in total. The van der Waals surface area contributed by atoms with E-state index in [1.54, 1.807) is 0 Å². The Bertz CT molecular complexity index is 924. The van der Waals surface area contributed by atoms with Crippen molar-refractivity contribution in [3.8, 4) is 29.0 Å². The van der Waals surface area contributed by atoms with Crippen LogP contribution >= 0.6 is 0 Å². The summed E-state index contributed by atoms with van der Waals surface area (Å²) in [4.78, 5) is 4.18. The van der Waals surface area contributed by atoms with Gasteiger partial charge in [0.2, 0.25) is 0 Å². The van der Waals surface area contributed by atoms with Gasteiger partial charge in [-0.3, -0.25) is 4.57 Å². The fraction of sp³-hybridized carbons (Fsp3) is 0.200. The van der Waals surface area contributed by atoms with E-state index in [9.17, 15) is 0 Å². The summed E-state index contributed by atoms with van der Waals surface area (Å²) in [6.45, 7) is 2.97. The largest absolute Gasteiger partial charge is 0.490 e. The Labute approximate surface area is 146 Å². The lowest BCUT2D eigenvalue weighted by molar-refractivity contribution is 0.143. The highest BCUT2D eigenvalue weighted by molar-refractivity contribution is 5.63. The molecule has 0 bridgehead atoms. The first kappa shape index (κ1) is 15.3. The Hall–Kier alpha value is -3.26. The molecule has 1 aliphatic rings. The van der Waals surface area contributed by atoms with Crippen LogP contribution < -0.4 is 9.47 Å². The molecule has 0 fully saturated rings. The lowest BCUT2D eigenvalue weighted by Gasteiger charge is -2.12. The quantitative estimate of drug-likeness (QED) is 0.733. The Morgan fingerprint density at radius 2 is 1.88 bits per heavy atom. The Kier molecular flexibility index (Phi) is 3.87. The second kappa shape index (κ2) is 6.33. The highest BCUT2D eigenvalue weighted by Gasteiger charge is 2.28. The van der Waals surface area contributed by atoms with Gasteiger partial charge in [-0.1, -0.05) is 42.5 Å². The fourth-order valence-corrected chi connectivity index (χ4v) is 2.96. The first-order valence-corrected chi connectivity index (χ1v) is 8.17. The third kappa shape index (κ3) is 2.94. The van der Waals surface area contributed by atoms with Crippen LogP contribution in [0, 0.1) is 18.3 Å². The van der Waals surface area contributed by atoms with Gasteiger partial charge in [-0.15, -0.1) is 0 Å². The summed E-state index contributed by atoms with van der Waals surface area (Å²) < 4.78 is 13.5. The van der Waals surface area contributed by atoms with Crippen molar-refractivity contribution in [2.45, 2.75) is 19.6 Å². The lowest BCUT2D eigenvalue weighted by Crippen LogP contribution is -2.24. The molecule has 0 spiro atoms. The summed E-state index contributed by atoms with van der Waals surface area (Å²) in [6, 6.07) is 20.8. The normalized spacial score (nSPS) is 15.3. The first-order valence-electron chi connectivity index (χ1n) is 8.17. The van der Waals surface area contributed by atoms with Gasteiger partial charge < -0.3 is 9.47 Å². The molecule has 4 rings (SSSR count). The Morgan fingerprint density at radius 3 is 2.56 bits per heavy atom. The van der Waals surface area contributed by atoms with Crippen LogP contribution in [0.2, 0.25) is 0 Å². The van der Waals surface area contributed by atoms with Gasteiger partial charge in [-0.25, -0.2) is 0 Å². The smallest absolute Gasteiger partial charge is 0.298 e. The van der Waals surface area contributed by atoms with E-state index in [-0.39, 0.29) is 6.10 Å². The second-order valence-corrected chi connectivity index (χ2v) is 5.99. The first-order chi connectivity index (χ1) is 12.2. The maximum absolute atomic E-state index is 8.99. The van der Waals surface area contributed by atoms with E-state index in [1.807, 2.05) is 41.8 Å². The number of hydrogen-bond donors (Lipinski definition) is 0. The third-order valence-corrected chi connectivity index (χ3v) is 4.35. The lowest BCUT2D eigenvalue weighted by atomic mass is 10.1. The molecule has 5 heteroatoms. The van der Waals surface area contributed by atoms with Gasteiger partial charge in [-0.2, -0.15) is 10.2 Å². The highest BCUT2D eigenvalue weighted by Crippen LogP contribution is 2.26. The van der Waals surface area contributed by atoms with Crippen LogP contribution in [0.4, 0.5) is 0 Å². The minimum atomic E-state index is -0.0947. The molecule has 2 aromatic carbocycles. The van der Waals surface area contributed by atoms with Crippen LogP contribution in [0.25, 0.3) is 11.1 Å². The standard InChI is InChI=1S/C20H17N3O2/c1-14-19(11-21)22-20-23(14)12-18(25-20)13-24-17-9-7-16(8-10-17)15-5-3-2-4-6-15/h2-10,18H,12-13H2,1H3/t18-/m0/s1. The van der Waals surface area contributed by atoms with Gasteiger partial charge in [0.15, 0.2) is 11.8 Å². The molecular weight excluding hydrogens is 314 g/mol. The number of nitrogens with zero attached hydrogens (tertiary/aromatic N) is 3. The molecule has 0 radical (unpaired) electrons. The molecule has 0 unspecified atom stereocenters. The zero-order valence-corrected chi connectivity index (χ0v) is 13.8. The zero-order chi connectivity index (χ0) is 17.2. The monoisotopic (exact) mass is 331 g/mol. The molecule has 124 valence electrons. The SMILES string of the molecule is Cc1c(C#N)nc2n1C[C@@H](COc1ccc(-c3ccccc3)cc1)O2. The van der Waals surface area contributed by atoms with Crippen LogP contribution in [0.5, 0.6) is 11.8 Å². The summed E-state index contributed by atoms with van der Waals surface area (Å²) in [6.07, 6.45) is -0.0947. The molecule has 1 atom stereocenters. The van der Waals surface area contributed by atoms with Gasteiger partial charge >= 0.3 is 0 Å². The number of rotatable bonds is 4. The number of nitriles is 1. The van der Waals surface area contributed by atoms with Crippen molar-refractivity contribution in [1.82, 2.24) is 9.55 Å². The van der Waals surface area contributed by atoms with Crippen LogP contribution in [0.3, 0.4) is 0 Å². The topological polar surface area (TPSA) is 60.1 Å². The molecular formula is C20H17N3O2. The maximum atomic E-state index is 8.99. The highest BCUT2D eigenvalue weighted by atomic mass is 16.6. The Balaban J connectivity index is 1.37. The number of benzene rings is 2. The molecule has 5 nitrogen and oxygen atoms in total. The predicted molar refractivity (Wildman–Crippen MR) is 93.5 cm³/mol. The summed E-state index contributed by atoms with van der Waals surface area (Å²) in [5.74, 6) is 0.808. The Morgan fingerprint density at radius 1 is 1.16 bits per heavy atom. The number of imidazole rings is 1. The summed E-state index contributed by atoms with van der Waals surface area (Å²) >= 11 is 0. The average Bonchev–Trinajstić information content (AvgIpc) is 3.20. The van der Waals surface area contributed by atoms with E-state index in [0.29, 0.717) is 24.9 Å². The van der Waals surface area contributed by atoms with Crippen molar-refractivity contribution in [3.05, 3.63) is 66.0 Å². The van der Waals surface area contributed by atoms with E-state index in [1.165, 1.54) is 5.56 Å². The number of hydrogen-bond acceptors (Lipinski definition) is 4. The summed E-state index contributed by atoms with van der Waals surface area (Å²) in [5.41, 5.74) is 3.60. The molecule has 0 aliphatic carbocycles. The van der Waals surface area contributed by atoms with Gasteiger partial charge in [0.05, 0.1) is 12.2 Å². The van der Waals surface area contributed by atoms with Crippen molar-refractivity contribution < 1.29 is 9.47 Å². The molecule has 0 saturated heterocycles. The van der Waals surface area contributed by atoms with Crippen molar-refractivity contribution in [1.29, 1.82) is 5.26 Å². The van der Waals surface area contributed by atoms with Crippen LogP contribution in [-0.2, 0) is 6.54 Å². The molecule has 1 aliphatic heterocycles. The predicted octanol–water partition coefficient (Wildman–Crippen LogP) is 3.57.